The molecule has 0 bridgehead atoms. The smallest absolute Gasteiger partial charge is 0.248 e. The average Bonchev–Trinajstić information content (AvgIpc) is 2.62. The van der Waals surface area contributed by atoms with Crippen molar-refractivity contribution >= 4 is 5.91 Å². The van der Waals surface area contributed by atoms with Gasteiger partial charge in [-0.3, -0.25) is 9.69 Å². The Kier molecular flexibility index (Phi) is 7.85. The Bertz CT molecular complexity index is 484. The van der Waals surface area contributed by atoms with Gasteiger partial charge in [-0.1, -0.05) is 6.92 Å². The molecular weight excluding hydrogens is 308 g/mol. The summed E-state index contributed by atoms with van der Waals surface area (Å²) in [5, 5.41) is 0. The molecule has 1 heterocycles. The van der Waals surface area contributed by atoms with Gasteiger partial charge in [0.1, 0.15) is 24.7 Å². The summed E-state index contributed by atoms with van der Waals surface area (Å²) in [6.07, 6.45) is 1.00. The first-order valence-corrected chi connectivity index (χ1v) is 8.57. The number of hydrogen-bond acceptors (Lipinski definition) is 5. The van der Waals surface area contributed by atoms with Gasteiger partial charge in [0.05, 0.1) is 6.61 Å². The van der Waals surface area contributed by atoms with Crippen molar-refractivity contribution in [3.8, 4) is 11.5 Å². The van der Waals surface area contributed by atoms with Crippen molar-refractivity contribution in [3.63, 3.8) is 0 Å². The molecule has 1 aliphatic heterocycles. The van der Waals surface area contributed by atoms with Crippen LogP contribution < -0.4 is 9.47 Å². The minimum atomic E-state index is 0.0683. The van der Waals surface area contributed by atoms with Crippen LogP contribution >= 0.6 is 0 Å². The van der Waals surface area contributed by atoms with Crippen LogP contribution in [-0.4, -0.2) is 75.4 Å². The van der Waals surface area contributed by atoms with Gasteiger partial charge in [-0.2, -0.15) is 0 Å². The Morgan fingerprint density at radius 1 is 1.00 bits per heavy atom. The monoisotopic (exact) mass is 336 g/mol. The summed E-state index contributed by atoms with van der Waals surface area (Å²) in [5.74, 6) is 1.80. The molecule has 0 aromatic heterocycles. The van der Waals surface area contributed by atoms with Crippen LogP contribution in [0.5, 0.6) is 11.5 Å². The SMILES string of the molecule is CCCOc1ccc(OCCN2CCN(C(=O)COC)CC2)cc1. The van der Waals surface area contributed by atoms with E-state index in [2.05, 4.69) is 11.8 Å². The van der Waals surface area contributed by atoms with E-state index in [0.717, 1.165) is 57.3 Å². The number of benzene rings is 1. The lowest BCUT2D eigenvalue weighted by atomic mass is 10.3. The van der Waals surface area contributed by atoms with Crippen molar-refractivity contribution in [2.45, 2.75) is 13.3 Å². The number of rotatable bonds is 9. The normalized spacial score (nSPS) is 15.3. The predicted octanol–water partition coefficient (Wildman–Crippen LogP) is 1.64. The van der Waals surface area contributed by atoms with Crippen molar-refractivity contribution in [2.75, 3.05) is 59.7 Å². The van der Waals surface area contributed by atoms with E-state index in [1.165, 1.54) is 0 Å². The summed E-state index contributed by atoms with van der Waals surface area (Å²) in [7, 11) is 1.55. The van der Waals surface area contributed by atoms with Crippen LogP contribution in [0.4, 0.5) is 0 Å². The molecule has 1 amide bonds. The minimum Gasteiger partial charge on any atom is -0.494 e. The van der Waals surface area contributed by atoms with E-state index < -0.39 is 0 Å². The van der Waals surface area contributed by atoms with Crippen molar-refractivity contribution in [2.24, 2.45) is 0 Å². The highest BCUT2D eigenvalue weighted by Gasteiger charge is 2.20. The number of carbonyl (C=O) groups excluding carboxylic acids is 1. The van der Waals surface area contributed by atoms with Crippen LogP contribution in [0.1, 0.15) is 13.3 Å². The lowest BCUT2D eigenvalue weighted by Gasteiger charge is -2.34. The summed E-state index contributed by atoms with van der Waals surface area (Å²) in [5.41, 5.74) is 0. The van der Waals surface area contributed by atoms with Crippen molar-refractivity contribution < 1.29 is 19.0 Å². The molecule has 0 radical (unpaired) electrons. The fraction of sp³-hybridized carbons (Fsp3) is 0.611. The van der Waals surface area contributed by atoms with Gasteiger partial charge in [0, 0.05) is 39.8 Å². The molecule has 6 heteroatoms. The second kappa shape index (κ2) is 10.2. The van der Waals surface area contributed by atoms with E-state index in [-0.39, 0.29) is 12.5 Å². The lowest BCUT2D eigenvalue weighted by molar-refractivity contribution is -0.136. The van der Waals surface area contributed by atoms with Gasteiger partial charge in [0.2, 0.25) is 5.91 Å². The first kappa shape index (κ1) is 18.5. The first-order valence-electron chi connectivity index (χ1n) is 8.57. The molecule has 1 fully saturated rings. The number of hydrogen-bond donors (Lipinski definition) is 0. The largest absolute Gasteiger partial charge is 0.494 e. The van der Waals surface area contributed by atoms with E-state index >= 15 is 0 Å². The van der Waals surface area contributed by atoms with Crippen LogP contribution in [0, 0.1) is 0 Å². The molecule has 0 atom stereocenters. The molecular formula is C18H28N2O4. The van der Waals surface area contributed by atoms with Gasteiger partial charge >= 0.3 is 0 Å². The fourth-order valence-corrected chi connectivity index (χ4v) is 2.58. The maximum atomic E-state index is 11.7. The summed E-state index contributed by atoms with van der Waals surface area (Å²) in [6, 6.07) is 7.75. The molecule has 0 spiro atoms. The molecule has 0 saturated carbocycles. The molecule has 2 rings (SSSR count). The molecule has 0 aliphatic carbocycles. The van der Waals surface area contributed by atoms with Gasteiger partial charge < -0.3 is 19.1 Å². The summed E-state index contributed by atoms with van der Waals surface area (Å²) >= 11 is 0. The quantitative estimate of drug-likeness (QED) is 0.686. The van der Waals surface area contributed by atoms with E-state index in [0.29, 0.717) is 6.61 Å². The molecule has 1 aromatic carbocycles. The van der Waals surface area contributed by atoms with Crippen molar-refractivity contribution in [3.05, 3.63) is 24.3 Å². The summed E-state index contributed by atoms with van der Waals surface area (Å²) in [6.45, 7) is 7.76. The van der Waals surface area contributed by atoms with Gasteiger partial charge in [-0.15, -0.1) is 0 Å². The molecule has 24 heavy (non-hydrogen) atoms. The fourth-order valence-electron chi connectivity index (χ4n) is 2.58. The third-order valence-electron chi connectivity index (χ3n) is 3.97. The van der Waals surface area contributed by atoms with Gasteiger partial charge in [0.25, 0.3) is 0 Å². The second-order valence-electron chi connectivity index (χ2n) is 5.82. The standard InChI is InChI=1S/C18H28N2O4/c1-3-13-23-16-4-6-17(7-5-16)24-14-12-19-8-10-20(11-9-19)18(21)15-22-2/h4-7H,3,8-15H2,1-2H3. The lowest BCUT2D eigenvalue weighted by Crippen LogP contribution is -2.50. The van der Waals surface area contributed by atoms with Gasteiger partial charge in [0.15, 0.2) is 0 Å². The highest BCUT2D eigenvalue weighted by Crippen LogP contribution is 2.17. The molecule has 1 aromatic rings. The number of amides is 1. The van der Waals surface area contributed by atoms with Crippen LogP contribution in [-0.2, 0) is 9.53 Å². The zero-order valence-electron chi connectivity index (χ0n) is 14.7. The molecule has 6 nitrogen and oxygen atoms in total. The summed E-state index contributed by atoms with van der Waals surface area (Å²) < 4.78 is 16.2. The molecule has 134 valence electrons. The summed E-state index contributed by atoms with van der Waals surface area (Å²) in [4.78, 5) is 15.9. The Hall–Kier alpha value is -1.79. The highest BCUT2D eigenvalue weighted by atomic mass is 16.5. The predicted molar refractivity (Wildman–Crippen MR) is 92.6 cm³/mol. The topological polar surface area (TPSA) is 51.2 Å². The van der Waals surface area contributed by atoms with Crippen molar-refractivity contribution in [1.82, 2.24) is 9.80 Å². The molecule has 0 unspecified atom stereocenters. The highest BCUT2D eigenvalue weighted by molar-refractivity contribution is 5.77. The third-order valence-corrected chi connectivity index (χ3v) is 3.97. The average molecular weight is 336 g/mol. The number of methoxy groups -OCH3 is 1. The van der Waals surface area contributed by atoms with Crippen molar-refractivity contribution in [1.29, 1.82) is 0 Å². The number of piperazine rings is 1. The van der Waals surface area contributed by atoms with E-state index in [9.17, 15) is 4.79 Å². The zero-order valence-corrected chi connectivity index (χ0v) is 14.7. The van der Waals surface area contributed by atoms with E-state index in [1.807, 2.05) is 29.2 Å². The first-order chi connectivity index (χ1) is 11.7. The van der Waals surface area contributed by atoms with Crippen LogP contribution in [0.3, 0.4) is 0 Å². The van der Waals surface area contributed by atoms with Crippen LogP contribution in [0.2, 0.25) is 0 Å². The minimum absolute atomic E-state index is 0.0683. The number of carbonyl (C=O) groups is 1. The number of ether oxygens (including phenoxy) is 3. The Morgan fingerprint density at radius 2 is 1.58 bits per heavy atom. The second-order valence-corrected chi connectivity index (χ2v) is 5.82. The number of nitrogens with zero attached hydrogens (tertiary/aromatic N) is 2. The Labute approximate surface area is 144 Å². The van der Waals surface area contributed by atoms with Gasteiger partial charge in [-0.25, -0.2) is 0 Å². The van der Waals surface area contributed by atoms with Crippen LogP contribution in [0.25, 0.3) is 0 Å². The van der Waals surface area contributed by atoms with Crippen LogP contribution in [0.15, 0.2) is 24.3 Å². The van der Waals surface area contributed by atoms with Gasteiger partial charge in [-0.05, 0) is 30.7 Å². The molecule has 1 saturated heterocycles. The van der Waals surface area contributed by atoms with E-state index in [1.54, 1.807) is 7.11 Å². The maximum Gasteiger partial charge on any atom is 0.248 e. The molecule has 1 aliphatic rings. The zero-order chi connectivity index (χ0) is 17.2. The Morgan fingerprint density at radius 3 is 2.12 bits per heavy atom. The van der Waals surface area contributed by atoms with E-state index in [4.69, 9.17) is 14.2 Å². The Balaban J connectivity index is 1.63. The third kappa shape index (κ3) is 6.02. The molecule has 0 N–H and O–H groups in total. The maximum absolute atomic E-state index is 11.7.